The van der Waals surface area contributed by atoms with Crippen LogP contribution in [0.4, 0.5) is 0 Å². The molecule has 24 heavy (non-hydrogen) atoms. The molecule has 4 heteroatoms. The molecule has 0 heterocycles. The molecular weight excluding hydrogens is 302 g/mol. The van der Waals surface area contributed by atoms with Crippen LogP contribution in [0.5, 0.6) is 5.75 Å². The molecule has 0 amide bonds. The van der Waals surface area contributed by atoms with E-state index in [-0.39, 0.29) is 12.4 Å². The molecule has 0 aliphatic carbocycles. The summed E-state index contributed by atoms with van der Waals surface area (Å²) in [6.07, 6.45) is 0.541. The van der Waals surface area contributed by atoms with Gasteiger partial charge in [0.25, 0.3) is 0 Å². The fourth-order valence-electron chi connectivity index (χ4n) is 2.42. The van der Waals surface area contributed by atoms with Gasteiger partial charge in [-0.15, -0.1) is 0 Å². The number of hydrogen-bond donors (Lipinski definition) is 2. The number of ether oxygens (including phenoxy) is 1. The Morgan fingerprint density at radius 3 is 2.58 bits per heavy atom. The van der Waals surface area contributed by atoms with Crippen molar-refractivity contribution in [1.82, 2.24) is 5.32 Å². The number of Topliss-reactive ketones (excluding diaryl/α,β-unsaturated/α-hetero) is 1. The number of ketones is 1. The van der Waals surface area contributed by atoms with Crippen molar-refractivity contribution in [3.63, 3.8) is 0 Å². The van der Waals surface area contributed by atoms with Crippen LogP contribution in [0.15, 0.2) is 54.6 Å². The van der Waals surface area contributed by atoms with Crippen LogP contribution in [0.3, 0.4) is 0 Å². The number of rotatable bonds is 10. The first-order valence-corrected chi connectivity index (χ1v) is 8.38. The van der Waals surface area contributed by atoms with Gasteiger partial charge in [0.05, 0.1) is 5.56 Å². The Morgan fingerprint density at radius 1 is 1.12 bits per heavy atom. The van der Waals surface area contributed by atoms with E-state index in [0.29, 0.717) is 30.7 Å². The highest BCUT2D eigenvalue weighted by molar-refractivity contribution is 5.98. The zero-order valence-corrected chi connectivity index (χ0v) is 14.1. The largest absolute Gasteiger partial charge is 0.490 e. The number of likely N-dealkylation sites (N-methyl/N-ethyl adjacent to an activating group) is 1. The molecule has 0 bridgehead atoms. The maximum atomic E-state index is 12.5. The lowest BCUT2D eigenvalue weighted by molar-refractivity contribution is 0.0951. The van der Waals surface area contributed by atoms with Crippen molar-refractivity contribution in [3.05, 3.63) is 65.7 Å². The molecule has 1 atom stereocenters. The third-order valence-electron chi connectivity index (χ3n) is 3.73. The van der Waals surface area contributed by atoms with E-state index >= 15 is 0 Å². The number of aliphatic hydroxyl groups excluding tert-OH is 1. The summed E-state index contributed by atoms with van der Waals surface area (Å²) in [5.41, 5.74) is 1.72. The van der Waals surface area contributed by atoms with Gasteiger partial charge < -0.3 is 15.2 Å². The van der Waals surface area contributed by atoms with Crippen molar-refractivity contribution in [1.29, 1.82) is 0 Å². The lowest BCUT2D eigenvalue weighted by Gasteiger charge is -2.15. The second kappa shape index (κ2) is 9.85. The average molecular weight is 327 g/mol. The van der Waals surface area contributed by atoms with E-state index in [4.69, 9.17) is 4.74 Å². The lowest BCUT2D eigenvalue weighted by atomic mass is 10.0. The average Bonchev–Trinajstić information content (AvgIpc) is 2.63. The van der Waals surface area contributed by atoms with E-state index < -0.39 is 6.10 Å². The number of carbonyl (C=O) groups is 1. The Bertz CT molecular complexity index is 628. The summed E-state index contributed by atoms with van der Waals surface area (Å²) < 4.78 is 5.66. The molecule has 0 spiro atoms. The highest BCUT2D eigenvalue weighted by Gasteiger charge is 2.13. The minimum Gasteiger partial charge on any atom is -0.490 e. The third kappa shape index (κ3) is 5.80. The van der Waals surface area contributed by atoms with E-state index in [1.165, 1.54) is 0 Å². The van der Waals surface area contributed by atoms with Gasteiger partial charge in [-0.05, 0) is 30.7 Å². The summed E-state index contributed by atoms with van der Waals surface area (Å²) in [5.74, 6) is 0.585. The van der Waals surface area contributed by atoms with Crippen molar-refractivity contribution in [2.45, 2.75) is 25.9 Å². The maximum Gasteiger partial charge on any atom is 0.166 e. The molecule has 2 aromatic rings. The predicted molar refractivity (Wildman–Crippen MR) is 95.6 cm³/mol. The number of benzene rings is 2. The smallest absolute Gasteiger partial charge is 0.166 e. The fourth-order valence-corrected chi connectivity index (χ4v) is 2.42. The van der Waals surface area contributed by atoms with Crippen molar-refractivity contribution in [3.8, 4) is 5.75 Å². The molecule has 0 aromatic heterocycles. The normalized spacial score (nSPS) is 11.9. The second-order valence-corrected chi connectivity index (χ2v) is 5.68. The van der Waals surface area contributed by atoms with Crippen LogP contribution in [0.2, 0.25) is 0 Å². The summed E-state index contributed by atoms with van der Waals surface area (Å²) in [5, 5.41) is 12.9. The number of nitrogens with one attached hydrogen (secondary N) is 1. The molecule has 0 radical (unpaired) electrons. The highest BCUT2D eigenvalue weighted by atomic mass is 16.5. The minimum absolute atomic E-state index is 0.0515. The SMILES string of the molecule is CCNC[C@H](O)COc1ccccc1C(=O)CCc1ccccc1. The van der Waals surface area contributed by atoms with Crippen LogP contribution in [0, 0.1) is 0 Å². The Labute approximate surface area is 143 Å². The minimum atomic E-state index is -0.600. The summed E-state index contributed by atoms with van der Waals surface area (Å²) >= 11 is 0. The first kappa shape index (κ1) is 18.2. The van der Waals surface area contributed by atoms with Crippen molar-refractivity contribution in [2.75, 3.05) is 19.7 Å². The first-order chi connectivity index (χ1) is 11.7. The second-order valence-electron chi connectivity index (χ2n) is 5.68. The molecule has 2 rings (SSSR count). The summed E-state index contributed by atoms with van der Waals surface area (Å²) in [4.78, 5) is 12.5. The molecule has 0 aliphatic rings. The Balaban J connectivity index is 1.93. The third-order valence-corrected chi connectivity index (χ3v) is 3.73. The van der Waals surface area contributed by atoms with Crippen molar-refractivity contribution in [2.24, 2.45) is 0 Å². The van der Waals surface area contributed by atoms with Gasteiger partial charge in [0.15, 0.2) is 5.78 Å². The fraction of sp³-hybridized carbons (Fsp3) is 0.350. The Morgan fingerprint density at radius 2 is 1.83 bits per heavy atom. The number of aryl methyl sites for hydroxylation is 1. The first-order valence-electron chi connectivity index (χ1n) is 8.38. The van der Waals surface area contributed by atoms with Gasteiger partial charge in [-0.25, -0.2) is 0 Å². The molecule has 2 N–H and O–H groups in total. The molecule has 4 nitrogen and oxygen atoms in total. The van der Waals surface area contributed by atoms with Crippen LogP contribution >= 0.6 is 0 Å². The van der Waals surface area contributed by atoms with Gasteiger partial charge in [-0.2, -0.15) is 0 Å². The monoisotopic (exact) mass is 327 g/mol. The van der Waals surface area contributed by atoms with Gasteiger partial charge in [0, 0.05) is 13.0 Å². The van der Waals surface area contributed by atoms with Crippen LogP contribution in [0.1, 0.15) is 29.3 Å². The van der Waals surface area contributed by atoms with E-state index in [0.717, 1.165) is 12.1 Å². The zero-order chi connectivity index (χ0) is 17.2. The molecule has 0 saturated carbocycles. The van der Waals surface area contributed by atoms with Crippen LogP contribution in [0.25, 0.3) is 0 Å². The zero-order valence-electron chi connectivity index (χ0n) is 14.1. The van der Waals surface area contributed by atoms with Crippen LogP contribution in [-0.2, 0) is 6.42 Å². The predicted octanol–water partition coefficient (Wildman–Crippen LogP) is 2.85. The number of carbonyl (C=O) groups excluding carboxylic acids is 1. The van der Waals surface area contributed by atoms with Crippen molar-refractivity contribution >= 4 is 5.78 Å². The molecule has 0 saturated heterocycles. The van der Waals surface area contributed by atoms with E-state index in [1.54, 1.807) is 12.1 Å². The topological polar surface area (TPSA) is 58.6 Å². The molecule has 0 fully saturated rings. The van der Waals surface area contributed by atoms with Crippen LogP contribution in [-0.4, -0.2) is 36.7 Å². The van der Waals surface area contributed by atoms with Gasteiger partial charge in [-0.3, -0.25) is 4.79 Å². The number of aliphatic hydroxyl groups is 1. The molecule has 2 aromatic carbocycles. The Kier molecular flexibility index (Phi) is 7.46. The molecular formula is C20H25NO3. The summed E-state index contributed by atoms with van der Waals surface area (Å²) in [6.45, 7) is 3.41. The van der Waals surface area contributed by atoms with E-state index in [1.807, 2.05) is 49.4 Å². The lowest BCUT2D eigenvalue weighted by Crippen LogP contribution is -2.31. The van der Waals surface area contributed by atoms with Gasteiger partial charge in [0.2, 0.25) is 0 Å². The molecule has 0 aliphatic heterocycles. The summed E-state index contributed by atoms with van der Waals surface area (Å²) in [6, 6.07) is 17.2. The number of hydrogen-bond acceptors (Lipinski definition) is 4. The molecule has 128 valence electrons. The van der Waals surface area contributed by atoms with E-state index in [2.05, 4.69) is 5.32 Å². The maximum absolute atomic E-state index is 12.5. The van der Waals surface area contributed by atoms with Crippen LogP contribution < -0.4 is 10.1 Å². The van der Waals surface area contributed by atoms with Gasteiger partial charge in [-0.1, -0.05) is 49.4 Å². The quantitative estimate of drug-likeness (QED) is 0.659. The van der Waals surface area contributed by atoms with Gasteiger partial charge in [0.1, 0.15) is 18.5 Å². The summed E-state index contributed by atoms with van der Waals surface area (Å²) in [7, 11) is 0. The Hall–Kier alpha value is -2.17. The number of para-hydroxylation sites is 1. The van der Waals surface area contributed by atoms with Gasteiger partial charge >= 0.3 is 0 Å². The highest BCUT2D eigenvalue weighted by Crippen LogP contribution is 2.20. The van der Waals surface area contributed by atoms with E-state index in [9.17, 15) is 9.90 Å². The van der Waals surface area contributed by atoms with Crippen molar-refractivity contribution < 1.29 is 14.6 Å². The molecule has 0 unspecified atom stereocenters. The standard InChI is InChI=1S/C20H25NO3/c1-2-21-14-17(22)15-24-20-11-7-6-10-18(20)19(23)13-12-16-8-4-3-5-9-16/h3-11,17,21-22H,2,12-15H2,1H3/t17-/m0/s1.